The van der Waals surface area contributed by atoms with Crippen LogP contribution in [0.5, 0.6) is 0 Å². The smallest absolute Gasteiger partial charge is 0.338 e. The maximum Gasteiger partial charge on any atom is 0.416 e. The first-order valence-corrected chi connectivity index (χ1v) is 13.7. The van der Waals surface area contributed by atoms with Crippen molar-refractivity contribution in [2.45, 2.75) is 23.8 Å². The molecule has 1 atom stereocenters. The number of amides is 2. The normalized spacial score (nSPS) is 19.7. The molecule has 2 amide bonds. The first kappa shape index (κ1) is 26.8. The van der Waals surface area contributed by atoms with Crippen LogP contribution in [0.25, 0.3) is 10.4 Å². The van der Waals surface area contributed by atoms with Crippen LogP contribution in [0.3, 0.4) is 0 Å². The number of sulfone groups is 1. The van der Waals surface area contributed by atoms with E-state index in [1.165, 1.54) is 28.6 Å². The van der Waals surface area contributed by atoms with Crippen LogP contribution >= 0.6 is 11.3 Å². The van der Waals surface area contributed by atoms with Crippen LogP contribution in [0.15, 0.2) is 66.7 Å². The van der Waals surface area contributed by atoms with Gasteiger partial charge in [-0.25, -0.2) is 13.9 Å². The molecule has 37 heavy (non-hydrogen) atoms. The zero-order valence-corrected chi connectivity index (χ0v) is 21.0. The van der Waals surface area contributed by atoms with Gasteiger partial charge in [0, 0.05) is 28.4 Å². The Morgan fingerprint density at radius 2 is 1.68 bits per heavy atom. The molecule has 4 rings (SSSR count). The molecule has 2 N–H and O–H groups in total. The first-order valence-electron chi connectivity index (χ1n) is 11.2. The van der Waals surface area contributed by atoms with Crippen LogP contribution in [0.2, 0.25) is 0 Å². The Morgan fingerprint density at radius 3 is 2.30 bits per heavy atom. The van der Waals surface area contributed by atoms with E-state index in [9.17, 15) is 36.4 Å². The molecule has 1 aromatic heterocycles. The summed E-state index contributed by atoms with van der Waals surface area (Å²) in [4.78, 5) is 27.6. The van der Waals surface area contributed by atoms with Crippen molar-refractivity contribution in [3.8, 4) is 10.4 Å². The third kappa shape index (κ3) is 5.41. The highest BCUT2D eigenvalue weighted by Crippen LogP contribution is 2.45. The van der Waals surface area contributed by atoms with E-state index in [0.717, 1.165) is 23.5 Å². The lowest BCUT2D eigenvalue weighted by molar-refractivity contribution is -0.137. The number of benzene rings is 2. The fraction of sp³-hybridized carbons (Fsp3) is 0.280. The lowest BCUT2D eigenvalue weighted by Crippen LogP contribution is -2.41. The Kier molecular flexibility index (Phi) is 7.45. The second-order valence-corrected chi connectivity index (χ2v) is 12.2. The summed E-state index contributed by atoms with van der Waals surface area (Å²) in [6.07, 6.45) is -5.17. The Labute approximate surface area is 215 Å². The summed E-state index contributed by atoms with van der Waals surface area (Å²) < 4.78 is 64.4. The minimum Gasteiger partial charge on any atom is -0.338 e. The fourth-order valence-corrected chi connectivity index (χ4v) is 8.01. The van der Waals surface area contributed by atoms with Gasteiger partial charge in [0.2, 0.25) is 5.91 Å². The van der Waals surface area contributed by atoms with Gasteiger partial charge < -0.3 is 4.90 Å². The summed E-state index contributed by atoms with van der Waals surface area (Å²) in [6.45, 7) is -0.0329. The van der Waals surface area contributed by atoms with Gasteiger partial charge >= 0.3 is 6.18 Å². The maximum absolute atomic E-state index is 13.7. The number of rotatable bonds is 5. The van der Waals surface area contributed by atoms with E-state index in [1.807, 2.05) is 0 Å². The van der Waals surface area contributed by atoms with Crippen LogP contribution in [-0.4, -0.2) is 49.2 Å². The topological polar surface area (TPSA) is 104 Å². The molecule has 3 aromatic rings. The Hall–Kier alpha value is -3.22. The van der Waals surface area contributed by atoms with Crippen molar-refractivity contribution in [3.63, 3.8) is 0 Å². The van der Waals surface area contributed by atoms with E-state index in [2.05, 4.69) is 0 Å². The van der Waals surface area contributed by atoms with Crippen LogP contribution < -0.4 is 5.48 Å². The largest absolute Gasteiger partial charge is 0.416 e. The molecule has 1 aliphatic rings. The van der Waals surface area contributed by atoms with Crippen LogP contribution in [-0.2, 0) is 25.6 Å². The first-order chi connectivity index (χ1) is 17.5. The summed E-state index contributed by atoms with van der Waals surface area (Å²) in [5.41, 5.74) is 1.55. The molecule has 0 spiro atoms. The van der Waals surface area contributed by atoms with Crippen molar-refractivity contribution in [1.29, 1.82) is 0 Å². The van der Waals surface area contributed by atoms with E-state index < -0.39 is 44.4 Å². The number of carbonyl (C=O) groups is 2. The SMILES string of the molecule is O=C(CC1(c2ccc(-c3ccc(C(F)(F)F)cc3)s2)CCN(C(=O)c2ccccc2)CCS1(=O)=O)NO. The second kappa shape index (κ2) is 10.3. The number of hydroxylamine groups is 1. The monoisotopic (exact) mass is 552 g/mol. The molecule has 196 valence electrons. The number of hydrogen-bond donors (Lipinski definition) is 2. The summed E-state index contributed by atoms with van der Waals surface area (Å²) >= 11 is 1.05. The van der Waals surface area contributed by atoms with Gasteiger partial charge in [0.15, 0.2) is 9.84 Å². The number of thiophene rings is 1. The van der Waals surface area contributed by atoms with Gasteiger partial charge in [-0.2, -0.15) is 13.2 Å². The molecule has 1 fully saturated rings. The van der Waals surface area contributed by atoms with Crippen LogP contribution in [0, 0.1) is 0 Å². The van der Waals surface area contributed by atoms with E-state index in [-0.39, 0.29) is 25.4 Å². The quantitative estimate of drug-likeness (QED) is 0.359. The molecular formula is C25H23F3N2O5S2. The second-order valence-electron chi connectivity index (χ2n) is 8.67. The van der Waals surface area contributed by atoms with Crippen LogP contribution in [0.4, 0.5) is 13.2 Å². The molecule has 0 bridgehead atoms. The molecule has 0 radical (unpaired) electrons. The molecule has 1 saturated heterocycles. The molecule has 2 aromatic carbocycles. The summed E-state index contributed by atoms with van der Waals surface area (Å²) in [5.74, 6) is -1.65. The van der Waals surface area contributed by atoms with Crippen molar-refractivity contribution in [2.24, 2.45) is 0 Å². The lowest BCUT2D eigenvalue weighted by Gasteiger charge is -2.30. The predicted octanol–water partition coefficient (Wildman–Crippen LogP) is 4.49. The highest BCUT2D eigenvalue weighted by Gasteiger charge is 2.50. The third-order valence-corrected chi connectivity index (χ3v) is 10.4. The van der Waals surface area contributed by atoms with E-state index in [4.69, 9.17) is 0 Å². The van der Waals surface area contributed by atoms with Gasteiger partial charge in [0.25, 0.3) is 5.91 Å². The standard InChI is InChI=1S/C25H23F3N2O5S2/c26-25(27,28)19-8-6-17(7-9-19)20-10-11-21(36-20)24(16-22(31)29-33)12-13-30(14-15-37(24,34)35)23(32)18-4-2-1-3-5-18/h1-11,33H,12-16H2,(H,29,31). The van der Waals surface area contributed by atoms with Gasteiger partial charge in [0.05, 0.1) is 17.7 Å². The molecule has 0 saturated carbocycles. The zero-order chi connectivity index (χ0) is 26.8. The van der Waals surface area contributed by atoms with Crippen molar-refractivity contribution in [3.05, 3.63) is 82.7 Å². The summed E-state index contributed by atoms with van der Waals surface area (Å²) in [5, 5.41) is 9.18. The Bertz CT molecular complexity index is 1390. The van der Waals surface area contributed by atoms with E-state index >= 15 is 0 Å². The molecular weight excluding hydrogens is 529 g/mol. The number of alkyl halides is 3. The highest BCUT2D eigenvalue weighted by atomic mass is 32.2. The van der Waals surface area contributed by atoms with Crippen LogP contribution in [0.1, 0.15) is 33.6 Å². The van der Waals surface area contributed by atoms with E-state index in [0.29, 0.717) is 20.9 Å². The minimum atomic E-state index is -4.49. The minimum absolute atomic E-state index is 0.0409. The molecule has 2 heterocycles. The van der Waals surface area contributed by atoms with Gasteiger partial charge in [-0.05, 0) is 48.4 Å². The number of halogens is 3. The average molecular weight is 553 g/mol. The Morgan fingerprint density at radius 1 is 1.00 bits per heavy atom. The van der Waals surface area contributed by atoms with Gasteiger partial charge in [0.1, 0.15) is 4.75 Å². The van der Waals surface area contributed by atoms with Gasteiger partial charge in [-0.3, -0.25) is 14.8 Å². The summed E-state index contributed by atoms with van der Waals surface area (Å²) in [7, 11) is -4.03. The van der Waals surface area contributed by atoms with Crippen molar-refractivity contribution in [1.82, 2.24) is 10.4 Å². The molecule has 12 heteroatoms. The average Bonchev–Trinajstić information content (AvgIpc) is 3.33. The Balaban J connectivity index is 1.70. The molecule has 7 nitrogen and oxygen atoms in total. The molecule has 1 aliphatic heterocycles. The number of carbonyl (C=O) groups excluding carboxylic acids is 2. The van der Waals surface area contributed by atoms with Gasteiger partial charge in [-0.1, -0.05) is 30.3 Å². The van der Waals surface area contributed by atoms with Gasteiger partial charge in [-0.15, -0.1) is 11.3 Å². The van der Waals surface area contributed by atoms with Crippen molar-refractivity contribution in [2.75, 3.05) is 18.8 Å². The van der Waals surface area contributed by atoms with Crippen molar-refractivity contribution < 1.29 is 36.4 Å². The van der Waals surface area contributed by atoms with Crippen molar-refractivity contribution >= 4 is 33.0 Å². The molecule has 0 aliphatic carbocycles. The predicted molar refractivity (Wildman–Crippen MR) is 132 cm³/mol. The number of nitrogens with one attached hydrogen (secondary N) is 1. The zero-order valence-electron chi connectivity index (χ0n) is 19.4. The van der Waals surface area contributed by atoms with E-state index in [1.54, 1.807) is 36.4 Å². The number of hydrogen-bond acceptors (Lipinski definition) is 6. The summed E-state index contributed by atoms with van der Waals surface area (Å²) in [6, 6.07) is 16.0. The fourth-order valence-electron chi connectivity index (χ4n) is 4.40. The highest BCUT2D eigenvalue weighted by molar-refractivity contribution is 7.92. The maximum atomic E-state index is 13.7. The molecule has 1 unspecified atom stereocenters. The number of nitrogens with zero attached hydrogens (tertiary/aromatic N) is 1. The third-order valence-electron chi connectivity index (χ3n) is 6.44. The lowest BCUT2D eigenvalue weighted by atomic mass is 9.97.